The Morgan fingerprint density at radius 3 is 2.56 bits per heavy atom. The van der Waals surface area contributed by atoms with Gasteiger partial charge >= 0.3 is 0 Å². The molecule has 0 aliphatic carbocycles. The summed E-state index contributed by atoms with van der Waals surface area (Å²) in [5, 5.41) is 12.8. The Morgan fingerprint density at radius 1 is 1.11 bits per heavy atom. The van der Waals surface area contributed by atoms with Gasteiger partial charge in [-0.25, -0.2) is 28.0 Å². The first kappa shape index (κ1) is 17.6. The van der Waals surface area contributed by atoms with E-state index in [4.69, 9.17) is 10.9 Å². The number of imidazole rings is 1. The summed E-state index contributed by atoms with van der Waals surface area (Å²) in [6.45, 7) is -0.422. The molecule has 1 aromatic carbocycles. The van der Waals surface area contributed by atoms with Gasteiger partial charge in [-0.15, -0.1) is 0 Å². The molecule has 0 unspecified atom stereocenters. The molecule has 3 aromatic heterocycles. The Hall–Kier alpha value is -2.82. The second-order valence-corrected chi connectivity index (χ2v) is 8.69. The molecule has 0 bridgehead atoms. The van der Waals surface area contributed by atoms with Crippen LogP contribution in [0.15, 0.2) is 52.3 Å². The standard InChI is InChI=1S/C17H15N5O3S2/c18-22-10-19-15-14(12-5-7-26-9-12)20-16(21-17(15)22)11-1-3-13(4-2-11)27(24,25)8-6-23/h1-5,7,9-10,23H,6,8,18H2. The van der Waals surface area contributed by atoms with Crippen LogP contribution in [-0.4, -0.2) is 45.5 Å². The molecule has 0 spiro atoms. The molecule has 3 N–H and O–H groups in total. The Balaban J connectivity index is 1.84. The van der Waals surface area contributed by atoms with Crippen molar-refractivity contribution in [2.24, 2.45) is 0 Å². The smallest absolute Gasteiger partial charge is 0.183 e. The first-order valence-corrected chi connectivity index (χ1v) is 10.6. The number of fused-ring (bicyclic) bond motifs is 1. The molecule has 27 heavy (non-hydrogen) atoms. The van der Waals surface area contributed by atoms with Crippen molar-refractivity contribution < 1.29 is 13.5 Å². The van der Waals surface area contributed by atoms with Gasteiger partial charge in [-0.2, -0.15) is 11.3 Å². The third-order valence-corrected chi connectivity index (χ3v) is 6.44. The van der Waals surface area contributed by atoms with Crippen molar-refractivity contribution in [3.05, 3.63) is 47.4 Å². The van der Waals surface area contributed by atoms with Crippen molar-refractivity contribution in [2.45, 2.75) is 4.90 Å². The summed E-state index contributed by atoms with van der Waals surface area (Å²) in [5.41, 5.74) is 3.31. The number of aromatic nitrogens is 4. The van der Waals surface area contributed by atoms with E-state index in [1.165, 1.54) is 23.1 Å². The van der Waals surface area contributed by atoms with Gasteiger partial charge in [0.2, 0.25) is 0 Å². The highest BCUT2D eigenvalue weighted by Crippen LogP contribution is 2.29. The fourth-order valence-corrected chi connectivity index (χ4v) is 4.36. The van der Waals surface area contributed by atoms with Crippen molar-refractivity contribution in [3.8, 4) is 22.6 Å². The lowest BCUT2D eigenvalue weighted by molar-refractivity contribution is 0.319. The third-order valence-electron chi connectivity index (χ3n) is 4.05. The summed E-state index contributed by atoms with van der Waals surface area (Å²) in [4.78, 5) is 13.5. The number of aliphatic hydroxyl groups is 1. The van der Waals surface area contributed by atoms with Crippen LogP contribution in [0.2, 0.25) is 0 Å². The highest BCUT2D eigenvalue weighted by molar-refractivity contribution is 7.91. The first-order valence-electron chi connectivity index (χ1n) is 7.96. The zero-order chi connectivity index (χ0) is 19.0. The summed E-state index contributed by atoms with van der Waals surface area (Å²) in [5.74, 6) is 6.03. The molecule has 8 nitrogen and oxygen atoms in total. The maximum atomic E-state index is 12.1. The molecule has 0 saturated heterocycles. The van der Waals surface area contributed by atoms with Crippen molar-refractivity contribution in [2.75, 3.05) is 18.2 Å². The summed E-state index contributed by atoms with van der Waals surface area (Å²) in [7, 11) is -3.51. The predicted molar refractivity (Wildman–Crippen MR) is 103 cm³/mol. The number of nitrogens with two attached hydrogens (primary N) is 1. The summed E-state index contributed by atoms with van der Waals surface area (Å²) < 4.78 is 25.4. The van der Waals surface area contributed by atoms with Gasteiger partial charge in [-0.3, -0.25) is 0 Å². The minimum absolute atomic E-state index is 0.142. The van der Waals surface area contributed by atoms with Gasteiger partial charge in [0.05, 0.1) is 17.3 Å². The van der Waals surface area contributed by atoms with E-state index in [1.54, 1.807) is 23.5 Å². The molecule has 0 amide bonds. The summed E-state index contributed by atoms with van der Waals surface area (Å²) >= 11 is 1.55. The van der Waals surface area contributed by atoms with Crippen LogP contribution in [0.1, 0.15) is 0 Å². The Labute approximate surface area is 158 Å². The molecule has 0 aliphatic rings. The first-order chi connectivity index (χ1) is 13.0. The van der Waals surface area contributed by atoms with Crippen LogP contribution in [0.5, 0.6) is 0 Å². The van der Waals surface area contributed by atoms with Crippen LogP contribution >= 0.6 is 11.3 Å². The van der Waals surface area contributed by atoms with E-state index in [0.717, 1.165) is 5.56 Å². The van der Waals surface area contributed by atoms with Gasteiger partial charge in [-0.05, 0) is 35.7 Å². The van der Waals surface area contributed by atoms with Crippen LogP contribution < -0.4 is 5.84 Å². The van der Waals surface area contributed by atoms with Crippen LogP contribution in [-0.2, 0) is 9.84 Å². The van der Waals surface area contributed by atoms with Gasteiger partial charge < -0.3 is 10.9 Å². The molecule has 10 heteroatoms. The molecule has 3 heterocycles. The molecule has 0 radical (unpaired) electrons. The van der Waals surface area contributed by atoms with E-state index < -0.39 is 16.4 Å². The Morgan fingerprint density at radius 2 is 1.89 bits per heavy atom. The van der Waals surface area contributed by atoms with Gasteiger partial charge in [0.1, 0.15) is 17.5 Å². The van der Waals surface area contributed by atoms with Crippen molar-refractivity contribution in [3.63, 3.8) is 0 Å². The van der Waals surface area contributed by atoms with Gasteiger partial charge in [0.25, 0.3) is 0 Å². The highest BCUT2D eigenvalue weighted by atomic mass is 32.2. The minimum Gasteiger partial charge on any atom is -0.395 e. The lowest BCUT2D eigenvalue weighted by Crippen LogP contribution is -2.10. The highest BCUT2D eigenvalue weighted by Gasteiger charge is 2.17. The Bertz CT molecular complexity index is 1200. The molecule has 0 aliphatic heterocycles. The number of benzene rings is 1. The molecular weight excluding hydrogens is 386 g/mol. The average Bonchev–Trinajstić information content (AvgIpc) is 3.32. The fourth-order valence-electron chi connectivity index (χ4n) is 2.70. The maximum Gasteiger partial charge on any atom is 0.183 e. The van der Waals surface area contributed by atoms with Crippen molar-refractivity contribution in [1.29, 1.82) is 0 Å². The van der Waals surface area contributed by atoms with Gasteiger partial charge in [-0.1, -0.05) is 0 Å². The molecule has 4 aromatic rings. The number of thiophene rings is 1. The monoisotopic (exact) mass is 401 g/mol. The summed E-state index contributed by atoms with van der Waals surface area (Å²) in [6, 6.07) is 8.19. The molecule has 138 valence electrons. The van der Waals surface area contributed by atoms with E-state index in [-0.39, 0.29) is 10.6 Å². The zero-order valence-corrected chi connectivity index (χ0v) is 15.6. The largest absolute Gasteiger partial charge is 0.395 e. The Kier molecular flexibility index (Phi) is 4.38. The quantitative estimate of drug-likeness (QED) is 0.488. The van der Waals surface area contributed by atoms with Crippen LogP contribution in [0.4, 0.5) is 0 Å². The summed E-state index contributed by atoms with van der Waals surface area (Å²) in [6.07, 6.45) is 1.48. The number of rotatable bonds is 5. The molecule has 0 fully saturated rings. The van der Waals surface area contributed by atoms with E-state index in [1.807, 2.05) is 16.8 Å². The maximum absolute atomic E-state index is 12.1. The van der Waals surface area contributed by atoms with E-state index in [0.29, 0.717) is 28.2 Å². The number of hydrogen-bond donors (Lipinski definition) is 2. The molecule has 0 saturated carbocycles. The second kappa shape index (κ2) is 6.72. The number of aliphatic hydroxyl groups excluding tert-OH is 1. The fraction of sp³-hybridized carbons (Fsp3) is 0.118. The topological polar surface area (TPSA) is 124 Å². The zero-order valence-electron chi connectivity index (χ0n) is 14.0. The van der Waals surface area contributed by atoms with Crippen molar-refractivity contribution in [1.82, 2.24) is 19.6 Å². The van der Waals surface area contributed by atoms with Crippen LogP contribution in [0, 0.1) is 0 Å². The number of nitrogen functional groups attached to an aromatic ring is 1. The third kappa shape index (κ3) is 3.18. The molecular formula is C17H15N5O3S2. The number of nitrogens with zero attached hydrogens (tertiary/aromatic N) is 4. The van der Waals surface area contributed by atoms with Gasteiger partial charge in [0, 0.05) is 16.5 Å². The average molecular weight is 401 g/mol. The SMILES string of the molecule is Nn1cnc2c(-c3ccsc3)nc(-c3ccc(S(=O)(=O)CCO)cc3)nc21. The van der Waals surface area contributed by atoms with E-state index >= 15 is 0 Å². The molecule has 4 rings (SSSR count). The number of sulfone groups is 1. The normalized spacial score (nSPS) is 11.9. The lowest BCUT2D eigenvalue weighted by Gasteiger charge is -2.07. The van der Waals surface area contributed by atoms with Crippen LogP contribution in [0.3, 0.4) is 0 Å². The lowest BCUT2D eigenvalue weighted by atomic mass is 10.1. The number of hydrogen-bond acceptors (Lipinski definition) is 8. The van der Waals surface area contributed by atoms with Crippen molar-refractivity contribution >= 4 is 32.3 Å². The van der Waals surface area contributed by atoms with E-state index in [9.17, 15) is 8.42 Å². The predicted octanol–water partition coefficient (Wildman–Crippen LogP) is 1.70. The second-order valence-electron chi connectivity index (χ2n) is 5.80. The van der Waals surface area contributed by atoms with Gasteiger partial charge in [0.15, 0.2) is 21.3 Å². The van der Waals surface area contributed by atoms with E-state index in [2.05, 4.69) is 15.0 Å². The molecule has 0 atom stereocenters. The van der Waals surface area contributed by atoms with Crippen LogP contribution in [0.25, 0.3) is 33.8 Å². The minimum atomic E-state index is -3.51.